The van der Waals surface area contributed by atoms with Gasteiger partial charge in [0.05, 0.1) is 11.7 Å². The quantitative estimate of drug-likeness (QED) is 0.0978. The predicted molar refractivity (Wildman–Crippen MR) is 129 cm³/mol. The Kier molecular flexibility index (Phi) is 7.51. The van der Waals surface area contributed by atoms with Crippen LogP contribution < -0.4 is 20.7 Å². The van der Waals surface area contributed by atoms with E-state index in [2.05, 4.69) is 25.8 Å². The first-order valence-corrected chi connectivity index (χ1v) is 12.6. The Labute approximate surface area is 214 Å². The molecule has 2 atom stereocenters. The number of rotatable bonds is 9. The van der Waals surface area contributed by atoms with Crippen LogP contribution in [-0.4, -0.2) is 61.5 Å². The van der Waals surface area contributed by atoms with E-state index in [4.69, 9.17) is 17.0 Å². The molecule has 4 rings (SSSR count). The molecule has 1 unspecified atom stereocenters. The van der Waals surface area contributed by atoms with E-state index in [1.54, 1.807) is 0 Å². The Bertz CT molecular complexity index is 1320. The van der Waals surface area contributed by atoms with E-state index < -0.39 is 29.2 Å². The summed E-state index contributed by atoms with van der Waals surface area (Å²) in [7, 11) is 0. The lowest BCUT2D eigenvalue weighted by Gasteiger charge is -2.50. The number of hydrogen-bond donors (Lipinski definition) is 2. The number of aryl methyl sites for hydroxylation is 1. The number of nitrogens with two attached hydrogens (primary N) is 1. The normalized spacial score (nSPS) is 19.3. The Balaban J connectivity index is 1.53. The first kappa shape index (κ1) is 25.1. The van der Waals surface area contributed by atoms with Gasteiger partial charge in [0, 0.05) is 34.5 Å². The molecule has 0 spiro atoms. The first-order chi connectivity index (χ1) is 17.3. The molecule has 2 aromatic heterocycles. The average Bonchev–Trinajstić information content (AvgIpc) is 3.30. The molecule has 14 heteroatoms. The van der Waals surface area contributed by atoms with E-state index in [9.17, 15) is 19.5 Å². The van der Waals surface area contributed by atoms with Gasteiger partial charge in [-0.25, -0.2) is 4.57 Å². The summed E-state index contributed by atoms with van der Waals surface area (Å²) in [4.78, 5) is 47.9. The van der Waals surface area contributed by atoms with Crippen LogP contribution in [0.2, 0.25) is 0 Å². The number of hydrogen-bond acceptors (Lipinski definition) is 11. The third kappa shape index (κ3) is 5.02. The van der Waals surface area contributed by atoms with Gasteiger partial charge in [0.1, 0.15) is 11.4 Å². The second-order valence-corrected chi connectivity index (χ2v) is 9.60. The van der Waals surface area contributed by atoms with Crippen molar-refractivity contribution in [3.8, 4) is 12.3 Å². The lowest BCUT2D eigenvalue weighted by molar-refractivity contribution is -0.689. The van der Waals surface area contributed by atoms with Crippen molar-refractivity contribution in [3.63, 3.8) is 0 Å². The van der Waals surface area contributed by atoms with Crippen LogP contribution in [0.5, 0.6) is 0 Å². The number of aromatic nitrogens is 3. The number of terminal acetylenes is 1. The van der Waals surface area contributed by atoms with Crippen molar-refractivity contribution >= 4 is 51.9 Å². The molecule has 2 aliphatic rings. The number of carboxylic acids is 1. The van der Waals surface area contributed by atoms with Gasteiger partial charge >= 0.3 is 0 Å². The molecule has 0 radical (unpaired) electrons. The number of pyridine rings is 1. The number of nitrogen functional groups attached to an aromatic ring is 1. The topological polar surface area (TPSA) is 167 Å². The van der Waals surface area contributed by atoms with Gasteiger partial charge in [-0.3, -0.25) is 14.5 Å². The summed E-state index contributed by atoms with van der Waals surface area (Å²) in [5.41, 5.74) is 6.75. The van der Waals surface area contributed by atoms with Crippen LogP contribution in [0.4, 0.5) is 5.13 Å². The number of aliphatic carboxylic acids is 1. The summed E-state index contributed by atoms with van der Waals surface area (Å²) in [5.74, 6) is -0.364. The highest BCUT2D eigenvalue weighted by atomic mass is 32.2. The van der Waals surface area contributed by atoms with Gasteiger partial charge in [-0.15, -0.1) is 18.2 Å². The number of carboxylic acid groups (broad SMARTS) is 1. The molecule has 36 heavy (non-hydrogen) atoms. The van der Waals surface area contributed by atoms with Gasteiger partial charge in [-0.05, 0) is 12.5 Å². The van der Waals surface area contributed by atoms with Gasteiger partial charge in [0.2, 0.25) is 11.5 Å². The molecule has 0 aliphatic carbocycles. The third-order valence-electron chi connectivity index (χ3n) is 5.40. The molecule has 186 valence electrons. The summed E-state index contributed by atoms with van der Waals surface area (Å²) in [6.07, 6.45) is 9.74. The monoisotopic (exact) mass is 527 g/mol. The maximum absolute atomic E-state index is 13.0. The standard InChI is InChI=1S/C22H21N7O5S2/c1-3-8-34-26-14(17-25-22(23)36-27-17)18(30)24-15-19(31)29-16(21(32)33)13(11-35-20(15)29)10-28-7-5-6-12(4-2)9-28/h1,5-7,9,15,20H,4,8,10-11H2,2H3,(H3-,23,24,25,27,30,32,33)/t15?,20-/m0/s1. The molecular weight excluding hydrogens is 506 g/mol. The van der Waals surface area contributed by atoms with E-state index in [0.29, 0.717) is 11.3 Å². The number of carbonyl (C=O) groups excluding carboxylic acids is 3. The van der Waals surface area contributed by atoms with Crippen LogP contribution in [-0.2, 0) is 32.2 Å². The fraction of sp³-hybridized carbons (Fsp3) is 0.318. The molecule has 0 aromatic carbocycles. The summed E-state index contributed by atoms with van der Waals surface area (Å²) >= 11 is 2.19. The fourth-order valence-electron chi connectivity index (χ4n) is 3.76. The van der Waals surface area contributed by atoms with Crippen molar-refractivity contribution in [3.05, 3.63) is 47.2 Å². The molecule has 2 amide bonds. The highest BCUT2D eigenvalue weighted by Crippen LogP contribution is 2.40. The van der Waals surface area contributed by atoms with Crippen molar-refractivity contribution in [2.45, 2.75) is 31.3 Å². The Morgan fingerprint density at radius 3 is 2.97 bits per heavy atom. The third-order valence-corrected chi connectivity index (χ3v) is 7.28. The number of nitrogens with zero attached hydrogens (tertiary/aromatic N) is 5. The maximum atomic E-state index is 13.0. The van der Waals surface area contributed by atoms with E-state index >= 15 is 0 Å². The molecule has 1 fully saturated rings. The summed E-state index contributed by atoms with van der Waals surface area (Å²) in [5, 5.41) is 17.8. The summed E-state index contributed by atoms with van der Waals surface area (Å²) < 4.78 is 5.82. The van der Waals surface area contributed by atoms with Gasteiger partial charge in [-0.2, -0.15) is 9.36 Å². The Morgan fingerprint density at radius 2 is 2.31 bits per heavy atom. The van der Waals surface area contributed by atoms with E-state index in [1.165, 1.54) is 11.8 Å². The van der Waals surface area contributed by atoms with Crippen molar-refractivity contribution in [2.75, 3.05) is 18.1 Å². The number of oxime groups is 1. The fourth-order valence-corrected chi connectivity index (χ4v) is 5.53. The zero-order valence-corrected chi connectivity index (χ0v) is 20.7. The Hall–Kier alpha value is -3.96. The molecule has 1 saturated heterocycles. The number of β-lactam (4-membered cyclic amide) rings is 1. The number of anilines is 1. The second-order valence-electron chi connectivity index (χ2n) is 7.71. The number of fused-ring (bicyclic) bond motifs is 1. The minimum absolute atomic E-state index is 0.0871. The SMILES string of the molecule is C#CCON=C(C(=O)NC1C(=O)N2C(C(=O)[O-])=C(C[n+]3cccc(CC)c3)CS[C@@H]12)c1nsc(N)n1. The van der Waals surface area contributed by atoms with Crippen molar-refractivity contribution in [1.29, 1.82) is 0 Å². The van der Waals surface area contributed by atoms with Crippen LogP contribution in [0.15, 0.2) is 41.0 Å². The molecular formula is C22H21N7O5S2. The Morgan fingerprint density at radius 1 is 1.50 bits per heavy atom. The lowest BCUT2D eigenvalue weighted by atomic mass is 10.0. The predicted octanol–water partition coefficient (Wildman–Crippen LogP) is -1.57. The second kappa shape index (κ2) is 10.8. The molecule has 0 bridgehead atoms. The van der Waals surface area contributed by atoms with Gasteiger partial charge in [-0.1, -0.05) is 18.0 Å². The molecule has 12 nitrogen and oxygen atoms in total. The van der Waals surface area contributed by atoms with Gasteiger partial charge < -0.3 is 25.8 Å². The molecule has 2 aliphatic heterocycles. The van der Waals surface area contributed by atoms with Gasteiger partial charge in [0.25, 0.3) is 11.8 Å². The molecule has 3 N–H and O–H groups in total. The largest absolute Gasteiger partial charge is 0.543 e. The maximum Gasteiger partial charge on any atom is 0.278 e. The van der Waals surface area contributed by atoms with Crippen LogP contribution >= 0.6 is 23.3 Å². The first-order valence-electron chi connectivity index (χ1n) is 10.7. The number of amides is 2. The minimum Gasteiger partial charge on any atom is -0.543 e. The summed E-state index contributed by atoms with van der Waals surface area (Å²) in [6, 6.07) is 2.87. The van der Waals surface area contributed by atoms with Crippen molar-refractivity contribution < 1.29 is 28.9 Å². The molecule has 4 heterocycles. The zero-order valence-electron chi connectivity index (χ0n) is 19.0. The van der Waals surface area contributed by atoms with E-state index in [0.717, 1.165) is 28.4 Å². The average molecular weight is 528 g/mol. The van der Waals surface area contributed by atoms with Crippen LogP contribution in [0.25, 0.3) is 0 Å². The van der Waals surface area contributed by atoms with Crippen molar-refractivity contribution in [2.24, 2.45) is 5.16 Å². The summed E-state index contributed by atoms with van der Waals surface area (Å²) in [6.45, 7) is 2.11. The zero-order chi connectivity index (χ0) is 25.8. The van der Waals surface area contributed by atoms with Crippen LogP contribution in [0.3, 0.4) is 0 Å². The number of nitrogens with one attached hydrogen (secondary N) is 1. The minimum atomic E-state index is -1.45. The molecule has 0 saturated carbocycles. The van der Waals surface area contributed by atoms with E-state index in [-0.39, 0.29) is 35.5 Å². The van der Waals surface area contributed by atoms with Gasteiger partial charge in [0.15, 0.2) is 30.7 Å². The van der Waals surface area contributed by atoms with Crippen LogP contribution in [0.1, 0.15) is 18.3 Å². The smallest absolute Gasteiger partial charge is 0.278 e. The lowest BCUT2D eigenvalue weighted by Crippen LogP contribution is -2.71. The number of carbonyl (C=O) groups is 3. The van der Waals surface area contributed by atoms with E-state index in [1.807, 2.05) is 36.0 Å². The number of thioether (sulfide) groups is 1. The van der Waals surface area contributed by atoms with Crippen molar-refractivity contribution in [1.82, 2.24) is 19.6 Å². The molecule has 2 aromatic rings. The highest BCUT2D eigenvalue weighted by Gasteiger charge is 2.53. The highest BCUT2D eigenvalue weighted by molar-refractivity contribution is 8.00. The van der Waals surface area contributed by atoms with Crippen LogP contribution in [0, 0.1) is 12.3 Å².